The lowest BCUT2D eigenvalue weighted by Gasteiger charge is -2.37. The average Bonchev–Trinajstić information content (AvgIpc) is 3.12. The molecule has 4 nitrogen and oxygen atoms in total. The summed E-state index contributed by atoms with van der Waals surface area (Å²) in [6.45, 7) is 12.8. The van der Waals surface area contributed by atoms with Crippen LogP contribution in [-0.4, -0.2) is 66.6 Å². The van der Waals surface area contributed by atoms with Crippen molar-refractivity contribution in [1.82, 2.24) is 14.8 Å². The molecule has 0 spiro atoms. The van der Waals surface area contributed by atoms with Gasteiger partial charge in [0.1, 0.15) is 0 Å². The molecule has 24 heavy (non-hydrogen) atoms. The topological polar surface area (TPSA) is 22.6 Å². The van der Waals surface area contributed by atoms with Gasteiger partial charge in [0.25, 0.3) is 0 Å². The zero-order valence-electron chi connectivity index (χ0n) is 14.9. The van der Waals surface area contributed by atoms with Gasteiger partial charge in [0, 0.05) is 62.6 Å². The quantitative estimate of drug-likeness (QED) is 0.866. The Kier molecular flexibility index (Phi) is 4.42. The van der Waals surface area contributed by atoms with Crippen molar-refractivity contribution in [2.45, 2.75) is 26.3 Å². The minimum atomic E-state index is 0.706. The number of rotatable bonds is 3. The maximum absolute atomic E-state index is 4.60. The number of benzene rings is 1. The minimum absolute atomic E-state index is 0.706. The molecule has 2 aromatic rings. The maximum atomic E-state index is 4.60. The van der Waals surface area contributed by atoms with Crippen LogP contribution in [0.3, 0.4) is 0 Å². The van der Waals surface area contributed by atoms with Crippen LogP contribution in [0, 0.1) is 6.92 Å². The molecule has 4 rings (SSSR count). The van der Waals surface area contributed by atoms with Gasteiger partial charge >= 0.3 is 0 Å². The Morgan fingerprint density at radius 3 is 2.71 bits per heavy atom. The molecular formula is C20H28N4. The summed E-state index contributed by atoms with van der Waals surface area (Å²) in [6, 6.07) is 9.42. The van der Waals surface area contributed by atoms with Crippen LogP contribution in [0.4, 0.5) is 5.69 Å². The van der Waals surface area contributed by atoms with E-state index in [2.05, 4.69) is 57.8 Å². The van der Waals surface area contributed by atoms with Gasteiger partial charge in [-0.3, -0.25) is 9.88 Å². The van der Waals surface area contributed by atoms with Crippen molar-refractivity contribution < 1.29 is 0 Å². The highest BCUT2D eigenvalue weighted by atomic mass is 15.3. The van der Waals surface area contributed by atoms with E-state index >= 15 is 0 Å². The van der Waals surface area contributed by atoms with Crippen LogP contribution < -0.4 is 4.90 Å². The number of fused-ring (bicyclic) bond motifs is 1. The van der Waals surface area contributed by atoms with Crippen molar-refractivity contribution in [3.8, 4) is 0 Å². The molecule has 0 N–H and O–H groups in total. The van der Waals surface area contributed by atoms with Gasteiger partial charge in [-0.05, 0) is 31.5 Å². The van der Waals surface area contributed by atoms with E-state index in [0.29, 0.717) is 6.04 Å². The molecule has 128 valence electrons. The number of pyridine rings is 1. The Hall–Kier alpha value is -1.65. The summed E-state index contributed by atoms with van der Waals surface area (Å²) in [6.07, 6.45) is 3.25. The normalized spacial score (nSPS) is 23.2. The van der Waals surface area contributed by atoms with Crippen molar-refractivity contribution in [3.05, 3.63) is 36.0 Å². The highest BCUT2D eigenvalue weighted by Gasteiger charge is 2.30. The third-order valence-electron chi connectivity index (χ3n) is 5.82. The summed E-state index contributed by atoms with van der Waals surface area (Å²) >= 11 is 0. The van der Waals surface area contributed by atoms with Gasteiger partial charge in [0.2, 0.25) is 0 Å². The Balaban J connectivity index is 1.50. The van der Waals surface area contributed by atoms with E-state index in [0.717, 1.165) is 18.6 Å². The van der Waals surface area contributed by atoms with Gasteiger partial charge in [-0.25, -0.2) is 0 Å². The van der Waals surface area contributed by atoms with E-state index in [1.165, 1.54) is 55.8 Å². The molecule has 1 atom stereocenters. The highest BCUT2D eigenvalue weighted by molar-refractivity contribution is 5.93. The van der Waals surface area contributed by atoms with Crippen molar-refractivity contribution >= 4 is 16.6 Å². The first-order valence-corrected chi connectivity index (χ1v) is 9.32. The van der Waals surface area contributed by atoms with Crippen LogP contribution >= 0.6 is 0 Å². The lowest BCUT2D eigenvalue weighted by Crippen LogP contribution is -2.50. The van der Waals surface area contributed by atoms with Crippen molar-refractivity contribution in [1.29, 1.82) is 0 Å². The molecule has 3 heterocycles. The summed E-state index contributed by atoms with van der Waals surface area (Å²) in [5, 5.41) is 1.30. The average molecular weight is 324 g/mol. The summed E-state index contributed by atoms with van der Waals surface area (Å²) in [5.41, 5.74) is 3.77. The largest absolute Gasteiger partial charge is 0.369 e. The van der Waals surface area contributed by atoms with E-state index < -0.39 is 0 Å². The predicted octanol–water partition coefficient (Wildman–Crippen LogP) is 2.76. The Morgan fingerprint density at radius 1 is 1.08 bits per heavy atom. The fourth-order valence-electron chi connectivity index (χ4n) is 4.29. The summed E-state index contributed by atoms with van der Waals surface area (Å²) < 4.78 is 0. The van der Waals surface area contributed by atoms with Crippen molar-refractivity contribution in [2.75, 3.05) is 50.7 Å². The third kappa shape index (κ3) is 2.89. The first kappa shape index (κ1) is 15.9. The SMILES string of the molecule is CCN1CCN(C2CCN(c3ccnc4c(C)cccc34)C2)CC1. The van der Waals surface area contributed by atoms with Crippen LogP contribution in [0.5, 0.6) is 0 Å². The molecule has 1 aromatic carbocycles. The Bertz CT molecular complexity index is 706. The molecule has 0 aliphatic carbocycles. The summed E-state index contributed by atoms with van der Waals surface area (Å²) in [4.78, 5) is 12.4. The molecule has 4 heteroatoms. The molecule has 2 aliphatic rings. The molecule has 1 aromatic heterocycles. The number of piperazine rings is 1. The number of likely N-dealkylation sites (N-methyl/N-ethyl adjacent to an activating group) is 1. The number of nitrogens with zero attached hydrogens (tertiary/aromatic N) is 4. The second-order valence-electron chi connectivity index (χ2n) is 7.16. The predicted molar refractivity (Wildman–Crippen MR) is 101 cm³/mol. The van der Waals surface area contributed by atoms with Gasteiger partial charge in [0.05, 0.1) is 5.52 Å². The van der Waals surface area contributed by atoms with E-state index in [-0.39, 0.29) is 0 Å². The molecule has 0 saturated carbocycles. The van der Waals surface area contributed by atoms with Crippen molar-refractivity contribution in [2.24, 2.45) is 0 Å². The molecule has 0 bridgehead atoms. The van der Waals surface area contributed by atoms with Gasteiger partial charge in [-0.1, -0.05) is 25.1 Å². The monoisotopic (exact) mass is 324 g/mol. The Morgan fingerprint density at radius 2 is 1.92 bits per heavy atom. The lowest BCUT2D eigenvalue weighted by molar-refractivity contribution is 0.107. The second-order valence-corrected chi connectivity index (χ2v) is 7.16. The first-order valence-electron chi connectivity index (χ1n) is 9.32. The highest BCUT2D eigenvalue weighted by Crippen LogP contribution is 2.30. The zero-order valence-corrected chi connectivity index (χ0v) is 14.9. The van der Waals surface area contributed by atoms with E-state index in [4.69, 9.17) is 0 Å². The van der Waals surface area contributed by atoms with Gasteiger partial charge in [-0.15, -0.1) is 0 Å². The van der Waals surface area contributed by atoms with E-state index in [1.54, 1.807) is 0 Å². The second kappa shape index (κ2) is 6.69. The van der Waals surface area contributed by atoms with Crippen LogP contribution in [0.25, 0.3) is 10.9 Å². The summed E-state index contributed by atoms with van der Waals surface area (Å²) in [7, 11) is 0. The smallest absolute Gasteiger partial charge is 0.0751 e. The van der Waals surface area contributed by atoms with Crippen LogP contribution in [-0.2, 0) is 0 Å². The van der Waals surface area contributed by atoms with Crippen molar-refractivity contribution in [3.63, 3.8) is 0 Å². The number of anilines is 1. The lowest BCUT2D eigenvalue weighted by atomic mass is 10.1. The molecule has 1 unspecified atom stereocenters. The fourth-order valence-corrected chi connectivity index (χ4v) is 4.29. The molecular weight excluding hydrogens is 296 g/mol. The minimum Gasteiger partial charge on any atom is -0.369 e. The van der Waals surface area contributed by atoms with E-state index in [1.807, 2.05) is 6.20 Å². The number of hydrogen-bond donors (Lipinski definition) is 0. The van der Waals surface area contributed by atoms with E-state index in [9.17, 15) is 0 Å². The Labute approximate surface area is 145 Å². The first-order chi connectivity index (χ1) is 11.8. The number of aromatic nitrogens is 1. The molecule has 2 aliphatic heterocycles. The molecule has 0 amide bonds. The molecule has 0 radical (unpaired) electrons. The number of aryl methyl sites for hydroxylation is 1. The number of para-hydroxylation sites is 1. The molecule has 2 fully saturated rings. The van der Waals surface area contributed by atoms with Gasteiger partial charge in [0.15, 0.2) is 0 Å². The van der Waals surface area contributed by atoms with Crippen LogP contribution in [0.15, 0.2) is 30.5 Å². The zero-order chi connectivity index (χ0) is 16.5. The fraction of sp³-hybridized carbons (Fsp3) is 0.550. The van der Waals surface area contributed by atoms with Gasteiger partial charge in [-0.2, -0.15) is 0 Å². The third-order valence-corrected chi connectivity index (χ3v) is 5.82. The maximum Gasteiger partial charge on any atom is 0.0751 e. The van der Waals surface area contributed by atoms with Gasteiger partial charge < -0.3 is 9.80 Å². The van der Waals surface area contributed by atoms with Crippen LogP contribution in [0.1, 0.15) is 18.9 Å². The molecule has 2 saturated heterocycles. The standard InChI is InChI=1S/C20H28N4/c1-3-22-11-13-23(14-12-22)17-8-10-24(15-17)19-7-9-21-20-16(2)5-4-6-18(19)20/h4-7,9,17H,3,8,10-15H2,1-2H3. The number of hydrogen-bond acceptors (Lipinski definition) is 4. The summed E-state index contributed by atoms with van der Waals surface area (Å²) in [5.74, 6) is 0. The van der Waals surface area contributed by atoms with Crippen LogP contribution in [0.2, 0.25) is 0 Å².